The predicted octanol–water partition coefficient (Wildman–Crippen LogP) is 2.13. The molecule has 6 unspecified atom stereocenters. The Morgan fingerprint density at radius 3 is 2.70 bits per heavy atom. The average Bonchev–Trinajstić information content (AvgIpc) is 3.24. The number of hydrogen-bond donors (Lipinski definition) is 0. The molecule has 3 aliphatic heterocycles. The number of benzene rings is 1. The number of ketones is 1. The number of piperidine rings is 1. The summed E-state index contributed by atoms with van der Waals surface area (Å²) in [5.41, 5.74) is -0.445. The number of methoxy groups -OCH3 is 2. The zero-order valence-corrected chi connectivity index (χ0v) is 17.3. The maximum Gasteiger partial charge on any atom is 0.415 e. The highest BCUT2D eigenvalue weighted by Gasteiger charge is 2.81. The number of anilines is 1. The fourth-order valence-corrected chi connectivity index (χ4v) is 8.11. The van der Waals surface area contributed by atoms with Crippen LogP contribution < -0.4 is 4.90 Å². The highest BCUT2D eigenvalue weighted by Crippen LogP contribution is 2.70. The van der Waals surface area contributed by atoms with Gasteiger partial charge in [0.1, 0.15) is 5.78 Å². The van der Waals surface area contributed by atoms with E-state index in [9.17, 15) is 14.4 Å². The van der Waals surface area contributed by atoms with Crippen LogP contribution in [0.25, 0.3) is 0 Å². The van der Waals surface area contributed by atoms with Crippen LogP contribution >= 0.6 is 0 Å². The number of fused-ring (bicyclic) bond motifs is 1. The molecule has 0 radical (unpaired) electrons. The van der Waals surface area contributed by atoms with Gasteiger partial charge in [-0.05, 0) is 49.3 Å². The van der Waals surface area contributed by atoms with E-state index in [1.54, 1.807) is 0 Å². The Morgan fingerprint density at radius 2 is 1.93 bits per heavy atom. The van der Waals surface area contributed by atoms with Crippen LogP contribution in [-0.4, -0.2) is 61.6 Å². The Morgan fingerprint density at radius 1 is 1.13 bits per heavy atom. The fraction of sp³-hybridized carbons (Fsp3) is 0.609. The van der Waals surface area contributed by atoms with Crippen molar-refractivity contribution in [1.29, 1.82) is 0 Å². The van der Waals surface area contributed by atoms with E-state index in [-0.39, 0.29) is 17.7 Å². The molecular weight excluding hydrogens is 384 g/mol. The average molecular weight is 410 g/mol. The van der Waals surface area contributed by atoms with E-state index < -0.39 is 23.0 Å². The smallest absolute Gasteiger partial charge is 0.415 e. The van der Waals surface area contributed by atoms with Gasteiger partial charge in [-0.15, -0.1) is 0 Å². The largest absolute Gasteiger partial charge is 0.467 e. The van der Waals surface area contributed by atoms with Crippen molar-refractivity contribution in [3.63, 3.8) is 0 Å². The third-order valence-corrected chi connectivity index (χ3v) is 8.85. The van der Waals surface area contributed by atoms with Crippen LogP contribution in [-0.2, 0) is 24.5 Å². The summed E-state index contributed by atoms with van der Waals surface area (Å²) in [4.78, 5) is 44.5. The lowest BCUT2D eigenvalue weighted by atomic mass is 9.50. The molecule has 1 spiro atoms. The summed E-state index contributed by atoms with van der Waals surface area (Å²) in [5.74, 6) is 0.165. The zero-order chi connectivity index (χ0) is 20.8. The van der Waals surface area contributed by atoms with Crippen LogP contribution in [0.3, 0.4) is 0 Å². The number of para-hydroxylation sites is 1. The van der Waals surface area contributed by atoms with Gasteiger partial charge in [0.2, 0.25) is 0 Å². The van der Waals surface area contributed by atoms with Crippen LogP contribution in [0.4, 0.5) is 10.5 Å². The summed E-state index contributed by atoms with van der Waals surface area (Å²) in [6.45, 7) is 1.59. The third-order valence-electron chi connectivity index (χ3n) is 8.85. The minimum atomic E-state index is -1.26. The highest BCUT2D eigenvalue weighted by atomic mass is 16.5. The molecule has 7 nitrogen and oxygen atoms in total. The molecule has 3 heterocycles. The van der Waals surface area contributed by atoms with Crippen LogP contribution in [0.2, 0.25) is 0 Å². The third kappa shape index (κ3) is 1.73. The molecule has 7 heteroatoms. The van der Waals surface area contributed by atoms with Gasteiger partial charge in [0.15, 0.2) is 5.54 Å². The summed E-state index contributed by atoms with van der Waals surface area (Å²) in [6, 6.07) is 7.76. The number of amides is 1. The lowest BCUT2D eigenvalue weighted by Gasteiger charge is -2.57. The molecule has 0 aromatic heterocycles. The van der Waals surface area contributed by atoms with E-state index in [2.05, 4.69) is 4.90 Å². The van der Waals surface area contributed by atoms with Gasteiger partial charge >= 0.3 is 12.1 Å². The van der Waals surface area contributed by atoms with E-state index >= 15 is 0 Å². The van der Waals surface area contributed by atoms with Crippen LogP contribution in [0, 0.1) is 17.8 Å². The van der Waals surface area contributed by atoms with Crippen molar-refractivity contribution >= 4 is 23.5 Å². The Kier molecular flexibility index (Phi) is 3.58. The van der Waals surface area contributed by atoms with Gasteiger partial charge in [-0.25, -0.2) is 9.59 Å². The minimum absolute atomic E-state index is 0.0522. The molecule has 1 aromatic rings. The van der Waals surface area contributed by atoms with E-state index in [0.29, 0.717) is 36.9 Å². The maximum atomic E-state index is 13.7. The molecule has 158 valence electrons. The van der Waals surface area contributed by atoms with Crippen LogP contribution in [0.1, 0.15) is 31.2 Å². The molecule has 1 amide bonds. The fourth-order valence-electron chi connectivity index (χ4n) is 8.11. The van der Waals surface area contributed by atoms with Gasteiger partial charge in [0.05, 0.1) is 25.3 Å². The Bertz CT molecular complexity index is 978. The number of nitrogens with zero attached hydrogens (tertiary/aromatic N) is 2. The second-order valence-corrected chi connectivity index (χ2v) is 9.46. The second kappa shape index (κ2) is 5.84. The molecule has 5 aliphatic rings. The first kappa shape index (κ1) is 18.4. The number of rotatable bonds is 1. The summed E-state index contributed by atoms with van der Waals surface area (Å²) in [6.07, 6.45) is 2.32. The molecule has 6 rings (SSSR count). The van der Waals surface area contributed by atoms with Gasteiger partial charge in [0, 0.05) is 24.9 Å². The topological polar surface area (TPSA) is 76.2 Å². The summed E-state index contributed by atoms with van der Waals surface area (Å²) in [7, 11) is 2.72. The van der Waals surface area contributed by atoms with Gasteiger partial charge in [-0.3, -0.25) is 14.6 Å². The molecule has 4 fully saturated rings. The van der Waals surface area contributed by atoms with Crippen molar-refractivity contribution in [1.82, 2.24) is 4.90 Å². The lowest BCUT2D eigenvalue weighted by Crippen LogP contribution is -2.74. The number of ether oxygens (including phenoxy) is 2. The second-order valence-electron chi connectivity index (χ2n) is 9.46. The standard InChI is InChI=1S/C23H26N2O5/c1-29-20(27)22-9-7-14-13-8-10-24-12-16(18(26)11-13)23(22,19(14)24)15-5-3-4-6-17(15)25(22)21(28)30-2/h3-6,13-14,16,19H,7-12H2,1-2H3. The van der Waals surface area contributed by atoms with Crippen LogP contribution in [0.15, 0.2) is 24.3 Å². The van der Waals surface area contributed by atoms with Gasteiger partial charge in [0.25, 0.3) is 0 Å². The molecular formula is C23H26N2O5. The lowest BCUT2D eigenvalue weighted by molar-refractivity contribution is -0.155. The van der Waals surface area contributed by atoms with E-state index in [1.807, 2.05) is 24.3 Å². The summed E-state index contributed by atoms with van der Waals surface area (Å²) in [5, 5.41) is 0. The Labute approximate surface area is 175 Å². The first-order valence-electron chi connectivity index (χ1n) is 10.8. The van der Waals surface area contributed by atoms with Crippen LogP contribution in [0.5, 0.6) is 0 Å². The summed E-state index contributed by atoms with van der Waals surface area (Å²) >= 11 is 0. The number of carbonyl (C=O) groups excluding carboxylic acids is 3. The van der Waals surface area contributed by atoms with Gasteiger partial charge < -0.3 is 9.47 Å². The first-order valence-corrected chi connectivity index (χ1v) is 10.8. The molecule has 5 bridgehead atoms. The zero-order valence-electron chi connectivity index (χ0n) is 17.3. The Balaban J connectivity index is 1.73. The number of hydrogen-bond acceptors (Lipinski definition) is 6. The number of carbonyl (C=O) groups is 3. The monoisotopic (exact) mass is 410 g/mol. The molecule has 2 saturated heterocycles. The van der Waals surface area contributed by atoms with Crippen molar-refractivity contribution in [2.45, 2.75) is 42.7 Å². The molecule has 1 aromatic carbocycles. The van der Waals surface area contributed by atoms with Crippen molar-refractivity contribution < 1.29 is 23.9 Å². The molecule has 2 saturated carbocycles. The summed E-state index contributed by atoms with van der Waals surface area (Å²) < 4.78 is 10.6. The van der Waals surface area contributed by atoms with E-state index in [1.165, 1.54) is 19.1 Å². The van der Waals surface area contributed by atoms with E-state index in [4.69, 9.17) is 9.47 Å². The SMILES string of the molecule is COC(=O)N1c2ccccc2C23C4CN5CCC(CC4=O)C(CCC12C(=O)OC)C53. The maximum absolute atomic E-state index is 13.7. The van der Waals surface area contributed by atoms with Crippen molar-refractivity contribution in [3.8, 4) is 0 Å². The van der Waals surface area contributed by atoms with Gasteiger partial charge in [-0.1, -0.05) is 18.2 Å². The van der Waals surface area contributed by atoms with Crippen molar-refractivity contribution in [2.75, 3.05) is 32.2 Å². The Hall–Kier alpha value is -2.41. The highest BCUT2D eigenvalue weighted by molar-refractivity contribution is 6.06. The molecule has 6 atom stereocenters. The normalized spacial score (nSPS) is 40.6. The molecule has 30 heavy (non-hydrogen) atoms. The van der Waals surface area contributed by atoms with Crippen molar-refractivity contribution in [2.24, 2.45) is 17.8 Å². The van der Waals surface area contributed by atoms with E-state index in [0.717, 1.165) is 24.9 Å². The quantitative estimate of drug-likeness (QED) is 0.660. The predicted molar refractivity (Wildman–Crippen MR) is 107 cm³/mol. The first-order chi connectivity index (χ1) is 14.5. The molecule has 2 aliphatic carbocycles. The number of esters is 1. The minimum Gasteiger partial charge on any atom is -0.467 e. The van der Waals surface area contributed by atoms with Gasteiger partial charge in [-0.2, -0.15) is 0 Å². The number of Topliss-reactive ketones (excluding diaryl/α,β-unsaturated/α-hetero) is 1. The molecule has 0 N–H and O–H groups in total. The van der Waals surface area contributed by atoms with Crippen molar-refractivity contribution in [3.05, 3.63) is 29.8 Å².